The zero-order chi connectivity index (χ0) is 19.9. The minimum absolute atomic E-state index is 0.0733. The molecule has 1 N–H and O–H groups in total. The molecule has 1 aliphatic rings. The van der Waals surface area contributed by atoms with Gasteiger partial charge in [-0.15, -0.1) is 0 Å². The van der Waals surface area contributed by atoms with Crippen molar-refractivity contribution in [3.63, 3.8) is 0 Å². The van der Waals surface area contributed by atoms with Gasteiger partial charge in [-0.05, 0) is 42.0 Å². The van der Waals surface area contributed by atoms with Crippen molar-refractivity contribution in [3.8, 4) is 6.07 Å². The van der Waals surface area contributed by atoms with E-state index in [4.69, 9.17) is 11.6 Å². The van der Waals surface area contributed by atoms with Crippen LogP contribution in [0.1, 0.15) is 5.56 Å². The molecule has 1 amide bonds. The zero-order valence-electron chi connectivity index (χ0n) is 15.2. The van der Waals surface area contributed by atoms with Crippen molar-refractivity contribution in [1.82, 2.24) is 10.2 Å². The van der Waals surface area contributed by atoms with Crippen LogP contribution in [0, 0.1) is 17.1 Å². The zero-order valence-corrected chi connectivity index (χ0v) is 16.0. The Bertz CT molecular complexity index is 882. The van der Waals surface area contributed by atoms with Crippen molar-refractivity contribution < 1.29 is 9.18 Å². The quantitative estimate of drug-likeness (QED) is 0.620. The van der Waals surface area contributed by atoms with Crippen LogP contribution in [0.2, 0.25) is 5.02 Å². The van der Waals surface area contributed by atoms with Crippen LogP contribution in [0.15, 0.2) is 60.3 Å². The molecule has 1 saturated heterocycles. The van der Waals surface area contributed by atoms with E-state index in [9.17, 15) is 14.4 Å². The first-order valence-corrected chi connectivity index (χ1v) is 9.32. The lowest BCUT2D eigenvalue weighted by Crippen LogP contribution is -2.49. The molecule has 0 saturated carbocycles. The van der Waals surface area contributed by atoms with Crippen LogP contribution < -0.4 is 10.2 Å². The van der Waals surface area contributed by atoms with Crippen molar-refractivity contribution in [1.29, 1.82) is 5.26 Å². The average Bonchev–Trinajstić information content (AvgIpc) is 2.73. The molecule has 0 unspecified atom stereocenters. The van der Waals surface area contributed by atoms with Gasteiger partial charge in [0.1, 0.15) is 17.5 Å². The first kappa shape index (κ1) is 19.7. The van der Waals surface area contributed by atoms with Crippen molar-refractivity contribution in [2.45, 2.75) is 6.54 Å². The lowest BCUT2D eigenvalue weighted by atomic mass is 10.2. The number of piperazine rings is 1. The van der Waals surface area contributed by atoms with E-state index in [1.54, 1.807) is 29.2 Å². The molecule has 2 aromatic rings. The Kier molecular flexibility index (Phi) is 6.51. The molecule has 1 aliphatic heterocycles. The molecule has 0 radical (unpaired) electrons. The van der Waals surface area contributed by atoms with Crippen molar-refractivity contribution >= 4 is 23.2 Å². The number of benzene rings is 2. The number of rotatable bonds is 5. The van der Waals surface area contributed by atoms with E-state index < -0.39 is 0 Å². The van der Waals surface area contributed by atoms with Gasteiger partial charge in [0.25, 0.3) is 5.91 Å². The van der Waals surface area contributed by atoms with Gasteiger partial charge in [-0.3, -0.25) is 4.79 Å². The maximum absolute atomic E-state index is 13.1. The number of nitriles is 1. The van der Waals surface area contributed by atoms with Gasteiger partial charge >= 0.3 is 0 Å². The van der Waals surface area contributed by atoms with E-state index in [-0.39, 0.29) is 17.3 Å². The monoisotopic (exact) mass is 398 g/mol. The Hall–Kier alpha value is -3.04. The Balaban J connectivity index is 1.54. The predicted octanol–water partition coefficient (Wildman–Crippen LogP) is 3.32. The summed E-state index contributed by atoms with van der Waals surface area (Å²) in [5.74, 6) is -0.558. The van der Waals surface area contributed by atoms with Crippen LogP contribution in [0.4, 0.5) is 10.1 Å². The Morgan fingerprint density at radius 1 is 1.11 bits per heavy atom. The van der Waals surface area contributed by atoms with Crippen LogP contribution in [0.25, 0.3) is 0 Å². The largest absolute Gasteiger partial charge is 0.386 e. The summed E-state index contributed by atoms with van der Waals surface area (Å²) in [7, 11) is 0. The molecular weight excluding hydrogens is 379 g/mol. The lowest BCUT2D eigenvalue weighted by Gasteiger charge is -2.36. The summed E-state index contributed by atoms with van der Waals surface area (Å²) in [6.07, 6.45) is 1.46. The molecule has 0 atom stereocenters. The van der Waals surface area contributed by atoms with Gasteiger partial charge in [-0.2, -0.15) is 5.26 Å². The highest BCUT2D eigenvalue weighted by molar-refractivity contribution is 6.30. The molecular formula is C21H20ClFN4O. The van der Waals surface area contributed by atoms with E-state index in [0.29, 0.717) is 37.7 Å². The van der Waals surface area contributed by atoms with Crippen molar-refractivity contribution in [2.24, 2.45) is 0 Å². The molecule has 28 heavy (non-hydrogen) atoms. The Morgan fingerprint density at radius 3 is 2.36 bits per heavy atom. The summed E-state index contributed by atoms with van der Waals surface area (Å²) in [6, 6.07) is 15.6. The Labute approximate surface area is 168 Å². The van der Waals surface area contributed by atoms with Crippen LogP contribution in [0.5, 0.6) is 0 Å². The van der Waals surface area contributed by atoms with Gasteiger partial charge in [-0.25, -0.2) is 4.39 Å². The fraction of sp³-hybridized carbons (Fsp3) is 0.238. The number of carbonyl (C=O) groups is 1. The second-order valence-corrected chi connectivity index (χ2v) is 6.87. The number of anilines is 1. The molecule has 0 aliphatic carbocycles. The summed E-state index contributed by atoms with van der Waals surface area (Å²) in [4.78, 5) is 16.4. The molecule has 0 spiro atoms. The third kappa shape index (κ3) is 5.02. The fourth-order valence-electron chi connectivity index (χ4n) is 3.01. The second-order valence-electron chi connectivity index (χ2n) is 6.43. The summed E-state index contributed by atoms with van der Waals surface area (Å²) in [5.41, 5.74) is 2.00. The first-order chi connectivity index (χ1) is 13.6. The first-order valence-electron chi connectivity index (χ1n) is 8.95. The highest BCUT2D eigenvalue weighted by Crippen LogP contribution is 2.17. The maximum Gasteiger partial charge on any atom is 0.266 e. The van der Waals surface area contributed by atoms with Gasteiger partial charge in [0.05, 0.1) is 0 Å². The SMILES string of the molecule is N#C/C(=C/NCc1ccc(Cl)cc1)C(=O)N1CCN(c2ccc(F)cc2)CC1. The molecule has 0 aromatic heterocycles. The summed E-state index contributed by atoms with van der Waals surface area (Å²) in [6.45, 7) is 2.77. The molecule has 1 fully saturated rings. The average molecular weight is 399 g/mol. The van der Waals surface area contributed by atoms with Crippen LogP contribution in [-0.4, -0.2) is 37.0 Å². The Morgan fingerprint density at radius 2 is 1.75 bits per heavy atom. The highest BCUT2D eigenvalue weighted by Gasteiger charge is 2.23. The molecule has 0 bridgehead atoms. The molecule has 144 valence electrons. The second kappa shape index (κ2) is 9.25. The number of amides is 1. The van der Waals surface area contributed by atoms with E-state index >= 15 is 0 Å². The van der Waals surface area contributed by atoms with Crippen molar-refractivity contribution in [3.05, 3.63) is 76.7 Å². The summed E-state index contributed by atoms with van der Waals surface area (Å²) in [5, 5.41) is 13.0. The number of hydrogen-bond donors (Lipinski definition) is 1. The van der Waals surface area contributed by atoms with Crippen LogP contribution in [0.3, 0.4) is 0 Å². The van der Waals surface area contributed by atoms with Gasteiger partial charge in [0, 0.05) is 49.6 Å². The summed E-state index contributed by atoms with van der Waals surface area (Å²) >= 11 is 5.86. The smallest absolute Gasteiger partial charge is 0.266 e. The van der Waals surface area contributed by atoms with E-state index in [0.717, 1.165) is 11.3 Å². The minimum Gasteiger partial charge on any atom is -0.386 e. The summed E-state index contributed by atoms with van der Waals surface area (Å²) < 4.78 is 13.1. The molecule has 7 heteroatoms. The van der Waals surface area contributed by atoms with Gasteiger partial charge in [0.15, 0.2) is 0 Å². The van der Waals surface area contributed by atoms with Crippen LogP contribution >= 0.6 is 11.6 Å². The van der Waals surface area contributed by atoms with Crippen LogP contribution in [-0.2, 0) is 11.3 Å². The maximum atomic E-state index is 13.1. The van der Waals surface area contributed by atoms with E-state index in [1.807, 2.05) is 18.2 Å². The highest BCUT2D eigenvalue weighted by atomic mass is 35.5. The number of hydrogen-bond acceptors (Lipinski definition) is 4. The molecule has 1 heterocycles. The predicted molar refractivity (Wildman–Crippen MR) is 107 cm³/mol. The number of nitrogens with one attached hydrogen (secondary N) is 1. The molecule has 5 nitrogen and oxygen atoms in total. The number of carbonyl (C=O) groups excluding carboxylic acids is 1. The number of halogens is 2. The van der Waals surface area contributed by atoms with Crippen molar-refractivity contribution in [2.75, 3.05) is 31.1 Å². The van der Waals surface area contributed by atoms with Gasteiger partial charge in [0.2, 0.25) is 0 Å². The van der Waals surface area contributed by atoms with Gasteiger partial charge < -0.3 is 15.1 Å². The van der Waals surface area contributed by atoms with E-state index in [2.05, 4.69) is 10.2 Å². The lowest BCUT2D eigenvalue weighted by molar-refractivity contribution is -0.127. The number of nitrogens with zero attached hydrogens (tertiary/aromatic N) is 3. The van der Waals surface area contributed by atoms with Gasteiger partial charge in [-0.1, -0.05) is 23.7 Å². The standard InChI is InChI=1S/C21H20ClFN4O/c22-18-3-1-16(2-4-18)14-25-15-17(13-24)21(28)27-11-9-26(10-12-27)20-7-5-19(23)6-8-20/h1-8,15,25H,9-12,14H2/b17-15-. The topological polar surface area (TPSA) is 59.4 Å². The van der Waals surface area contributed by atoms with E-state index in [1.165, 1.54) is 18.3 Å². The molecule has 3 rings (SSSR count). The fourth-order valence-corrected chi connectivity index (χ4v) is 3.13. The minimum atomic E-state index is -0.287. The normalized spacial score (nSPS) is 14.5. The molecule has 2 aromatic carbocycles. The third-order valence-corrected chi connectivity index (χ3v) is 4.83. The third-order valence-electron chi connectivity index (χ3n) is 4.58.